The third-order valence-electron chi connectivity index (χ3n) is 7.40. The molecule has 1 aliphatic rings. The molecule has 1 aliphatic heterocycles. The van der Waals surface area contributed by atoms with Crippen LogP contribution < -0.4 is 15.0 Å². The van der Waals surface area contributed by atoms with Gasteiger partial charge in [0.1, 0.15) is 11.5 Å². The molecule has 0 radical (unpaired) electrons. The number of methoxy groups -OCH3 is 2. The van der Waals surface area contributed by atoms with E-state index in [9.17, 15) is 9.59 Å². The van der Waals surface area contributed by atoms with Gasteiger partial charge >= 0.3 is 0 Å². The third-order valence-corrected chi connectivity index (χ3v) is 7.65. The van der Waals surface area contributed by atoms with Crippen LogP contribution in [-0.4, -0.2) is 54.3 Å². The molecule has 1 fully saturated rings. The van der Waals surface area contributed by atoms with E-state index in [1.54, 1.807) is 37.1 Å². The molecule has 3 aromatic carbocycles. The number of nitrogens with zero attached hydrogens (tertiary/aromatic N) is 3. The smallest absolute Gasteiger partial charge is 0.274 e. The maximum Gasteiger partial charge on any atom is 0.274 e. The van der Waals surface area contributed by atoms with E-state index in [4.69, 9.17) is 26.2 Å². The Hall–Kier alpha value is -3.68. The van der Waals surface area contributed by atoms with E-state index in [1.807, 2.05) is 48.5 Å². The van der Waals surface area contributed by atoms with Crippen molar-refractivity contribution in [1.82, 2.24) is 14.7 Å². The Bertz CT molecular complexity index is 1530. The molecular formula is C31H32ClN3O4. The van der Waals surface area contributed by atoms with Crippen molar-refractivity contribution < 1.29 is 14.3 Å². The number of ether oxygens (including phenoxy) is 2. The minimum atomic E-state index is -0.0667. The van der Waals surface area contributed by atoms with Crippen molar-refractivity contribution in [3.05, 3.63) is 98.9 Å². The number of benzene rings is 3. The highest BCUT2D eigenvalue weighted by Crippen LogP contribution is 2.27. The van der Waals surface area contributed by atoms with E-state index in [2.05, 4.69) is 4.90 Å². The molecule has 2 heterocycles. The first kappa shape index (κ1) is 26.9. The molecule has 4 aromatic rings. The first-order valence-corrected chi connectivity index (χ1v) is 13.6. The molecule has 7 nitrogen and oxygen atoms in total. The van der Waals surface area contributed by atoms with Gasteiger partial charge in [-0.25, -0.2) is 4.68 Å². The summed E-state index contributed by atoms with van der Waals surface area (Å²) in [6.45, 7) is 1.76. The molecule has 5 rings (SSSR count). The molecule has 1 saturated heterocycles. The van der Waals surface area contributed by atoms with Crippen LogP contribution in [0.15, 0.2) is 71.5 Å². The van der Waals surface area contributed by atoms with Crippen LogP contribution in [0.1, 0.15) is 46.9 Å². The van der Waals surface area contributed by atoms with Crippen molar-refractivity contribution >= 4 is 28.2 Å². The second kappa shape index (κ2) is 12.0. The van der Waals surface area contributed by atoms with Gasteiger partial charge in [-0.2, -0.15) is 5.10 Å². The number of carbonyl (C=O) groups is 1. The second-order valence-electron chi connectivity index (χ2n) is 9.90. The molecule has 0 bridgehead atoms. The van der Waals surface area contributed by atoms with E-state index in [0.29, 0.717) is 40.4 Å². The van der Waals surface area contributed by atoms with Crippen LogP contribution in [0.3, 0.4) is 0 Å². The normalized spacial score (nSPS) is 16.1. The van der Waals surface area contributed by atoms with Gasteiger partial charge in [0, 0.05) is 29.4 Å². The summed E-state index contributed by atoms with van der Waals surface area (Å²) in [5, 5.41) is 7.16. The lowest BCUT2D eigenvalue weighted by molar-refractivity contribution is 0.0929. The van der Waals surface area contributed by atoms with Crippen molar-refractivity contribution in [2.24, 2.45) is 0 Å². The summed E-state index contributed by atoms with van der Waals surface area (Å²) in [5.41, 5.74) is 2.43. The largest absolute Gasteiger partial charge is 0.497 e. The zero-order valence-corrected chi connectivity index (χ0v) is 23.0. The van der Waals surface area contributed by atoms with Gasteiger partial charge in [0.25, 0.3) is 5.56 Å². The highest BCUT2D eigenvalue weighted by Gasteiger charge is 2.24. The van der Waals surface area contributed by atoms with Gasteiger partial charge < -0.3 is 9.47 Å². The predicted octanol–water partition coefficient (Wildman–Crippen LogP) is 5.57. The Morgan fingerprint density at radius 2 is 1.74 bits per heavy atom. The number of carbonyl (C=O) groups excluding carboxylic acids is 1. The van der Waals surface area contributed by atoms with Crippen molar-refractivity contribution in [2.75, 3.05) is 33.9 Å². The molecule has 0 aliphatic carbocycles. The minimum absolute atomic E-state index is 0.000740. The number of rotatable bonds is 8. The fraction of sp³-hybridized carbons (Fsp3) is 0.323. The molecule has 1 unspecified atom stereocenters. The molecule has 0 spiro atoms. The Morgan fingerprint density at radius 1 is 0.974 bits per heavy atom. The van der Waals surface area contributed by atoms with Gasteiger partial charge in [-0.15, -0.1) is 0 Å². The van der Waals surface area contributed by atoms with Gasteiger partial charge in [0.05, 0.1) is 43.4 Å². The molecule has 202 valence electrons. The standard InChI is InChI=1S/C31H32ClN3O4/c1-38-24-13-14-27(30(19-24)39-2)29(36)20-34-16-5-6-23(15-17-34)35-31(37)26-8-4-3-7-25(26)28(33-35)18-21-9-11-22(32)12-10-21/h3-4,7-14,19,23H,5-6,15-18,20H2,1-2H3. The molecular weight excluding hydrogens is 514 g/mol. The van der Waals surface area contributed by atoms with Crippen LogP contribution in [0.25, 0.3) is 10.8 Å². The SMILES string of the molecule is COc1ccc(C(=O)CN2CCCC(n3nc(Cc4ccc(Cl)cc4)c4ccccc4c3=O)CC2)c(OC)c1. The fourth-order valence-corrected chi connectivity index (χ4v) is 5.43. The lowest BCUT2D eigenvalue weighted by Gasteiger charge is -2.21. The maximum atomic E-state index is 13.5. The summed E-state index contributed by atoms with van der Waals surface area (Å²) < 4.78 is 12.4. The average molecular weight is 546 g/mol. The summed E-state index contributed by atoms with van der Waals surface area (Å²) >= 11 is 6.08. The van der Waals surface area contributed by atoms with Crippen LogP contribution in [0.2, 0.25) is 5.02 Å². The predicted molar refractivity (Wildman–Crippen MR) is 153 cm³/mol. The van der Waals surface area contributed by atoms with Gasteiger partial charge in [0.2, 0.25) is 0 Å². The number of ketones is 1. The van der Waals surface area contributed by atoms with Crippen LogP contribution >= 0.6 is 11.6 Å². The number of Topliss-reactive ketones (excluding diaryl/α,β-unsaturated/α-hetero) is 1. The van der Waals surface area contributed by atoms with E-state index < -0.39 is 0 Å². The fourth-order valence-electron chi connectivity index (χ4n) is 5.31. The van der Waals surface area contributed by atoms with E-state index in [0.717, 1.165) is 42.5 Å². The second-order valence-corrected chi connectivity index (χ2v) is 10.3. The van der Waals surface area contributed by atoms with E-state index in [1.165, 1.54) is 0 Å². The Balaban J connectivity index is 1.36. The summed E-state index contributed by atoms with van der Waals surface area (Å²) in [6.07, 6.45) is 3.03. The quantitative estimate of drug-likeness (QED) is 0.270. The number of fused-ring (bicyclic) bond motifs is 1. The first-order chi connectivity index (χ1) is 19.0. The molecule has 0 amide bonds. The Morgan fingerprint density at radius 3 is 2.49 bits per heavy atom. The molecule has 8 heteroatoms. The number of aromatic nitrogens is 2. The highest BCUT2D eigenvalue weighted by molar-refractivity contribution is 6.30. The van der Waals surface area contributed by atoms with E-state index in [-0.39, 0.29) is 23.9 Å². The molecule has 1 aromatic heterocycles. The number of halogens is 1. The monoisotopic (exact) mass is 545 g/mol. The molecule has 39 heavy (non-hydrogen) atoms. The highest BCUT2D eigenvalue weighted by atomic mass is 35.5. The average Bonchev–Trinajstić information content (AvgIpc) is 3.20. The first-order valence-electron chi connectivity index (χ1n) is 13.2. The van der Waals surface area contributed by atoms with Gasteiger partial charge in [0.15, 0.2) is 5.78 Å². The van der Waals surface area contributed by atoms with Crippen LogP contribution in [0.4, 0.5) is 0 Å². The summed E-state index contributed by atoms with van der Waals surface area (Å²) in [6, 6.07) is 20.6. The number of likely N-dealkylation sites (tertiary alicyclic amines) is 1. The Labute approximate surface area is 232 Å². The lowest BCUT2D eigenvalue weighted by Crippen LogP contribution is -2.32. The number of hydrogen-bond donors (Lipinski definition) is 0. The van der Waals surface area contributed by atoms with Crippen molar-refractivity contribution in [3.8, 4) is 11.5 Å². The van der Waals surface area contributed by atoms with E-state index >= 15 is 0 Å². The van der Waals surface area contributed by atoms with Crippen molar-refractivity contribution in [2.45, 2.75) is 31.7 Å². The van der Waals surface area contributed by atoms with Gasteiger partial charge in [-0.05, 0) is 61.7 Å². The molecule has 1 atom stereocenters. The zero-order chi connectivity index (χ0) is 27.4. The number of hydrogen-bond acceptors (Lipinski definition) is 6. The van der Waals surface area contributed by atoms with Crippen LogP contribution in [0.5, 0.6) is 11.5 Å². The van der Waals surface area contributed by atoms with Crippen LogP contribution in [-0.2, 0) is 6.42 Å². The lowest BCUT2D eigenvalue weighted by atomic mass is 10.0. The van der Waals surface area contributed by atoms with Crippen molar-refractivity contribution in [1.29, 1.82) is 0 Å². The third kappa shape index (κ3) is 6.00. The maximum absolute atomic E-state index is 13.5. The van der Waals surface area contributed by atoms with Gasteiger partial charge in [-0.3, -0.25) is 14.5 Å². The minimum Gasteiger partial charge on any atom is -0.497 e. The summed E-state index contributed by atoms with van der Waals surface area (Å²) in [5.74, 6) is 1.15. The topological polar surface area (TPSA) is 73.7 Å². The molecule has 0 saturated carbocycles. The Kier molecular flexibility index (Phi) is 8.29. The molecule has 0 N–H and O–H groups in total. The van der Waals surface area contributed by atoms with Gasteiger partial charge in [-0.1, -0.05) is 41.9 Å². The van der Waals surface area contributed by atoms with Crippen molar-refractivity contribution in [3.63, 3.8) is 0 Å². The van der Waals surface area contributed by atoms with Crippen LogP contribution in [0, 0.1) is 0 Å². The summed E-state index contributed by atoms with van der Waals surface area (Å²) in [7, 11) is 3.14. The summed E-state index contributed by atoms with van der Waals surface area (Å²) in [4.78, 5) is 28.9. The zero-order valence-electron chi connectivity index (χ0n) is 22.2.